The lowest BCUT2D eigenvalue weighted by molar-refractivity contribution is -0.0503. The van der Waals surface area contributed by atoms with E-state index in [-0.39, 0.29) is 23.6 Å². The van der Waals surface area contributed by atoms with Crippen molar-refractivity contribution in [1.29, 1.82) is 0 Å². The number of anilines is 1. The quantitative estimate of drug-likeness (QED) is 0.653. The zero-order chi connectivity index (χ0) is 13.0. The molecule has 0 fully saturated rings. The third-order valence-electron chi connectivity index (χ3n) is 2.06. The van der Waals surface area contributed by atoms with Crippen LogP contribution >= 0.6 is 0 Å². The Bertz CT molecular complexity index is 421. The van der Waals surface area contributed by atoms with Crippen molar-refractivity contribution in [2.24, 2.45) is 0 Å². The van der Waals surface area contributed by atoms with Gasteiger partial charge >= 0.3 is 12.6 Å². The molecule has 1 aromatic carbocycles. The minimum absolute atomic E-state index is 0.0214. The van der Waals surface area contributed by atoms with Crippen LogP contribution in [0.4, 0.5) is 14.5 Å². The monoisotopic (exact) mass is 245 g/mol. The molecule has 0 aliphatic rings. The average Bonchev–Trinajstić information content (AvgIpc) is 2.21. The van der Waals surface area contributed by atoms with E-state index in [0.29, 0.717) is 5.56 Å². The SMILES string of the molecule is CCOC(=O)c1cc(OC(F)F)c(C)cc1N. The lowest BCUT2D eigenvalue weighted by atomic mass is 10.1. The Hall–Kier alpha value is -1.85. The van der Waals surface area contributed by atoms with Gasteiger partial charge < -0.3 is 15.2 Å². The zero-order valence-electron chi connectivity index (χ0n) is 9.50. The number of alkyl halides is 2. The van der Waals surface area contributed by atoms with Crippen LogP contribution in [0.15, 0.2) is 12.1 Å². The number of nitrogen functional groups attached to an aromatic ring is 1. The molecule has 0 saturated heterocycles. The topological polar surface area (TPSA) is 61.5 Å². The van der Waals surface area contributed by atoms with E-state index in [9.17, 15) is 13.6 Å². The maximum Gasteiger partial charge on any atom is 0.387 e. The molecule has 2 N–H and O–H groups in total. The molecule has 0 atom stereocenters. The van der Waals surface area contributed by atoms with Crippen molar-refractivity contribution in [3.63, 3.8) is 0 Å². The Balaban J connectivity index is 3.09. The third-order valence-corrected chi connectivity index (χ3v) is 2.06. The fourth-order valence-corrected chi connectivity index (χ4v) is 1.32. The highest BCUT2D eigenvalue weighted by Gasteiger charge is 2.16. The van der Waals surface area contributed by atoms with Gasteiger partial charge in [0, 0.05) is 5.69 Å². The summed E-state index contributed by atoms with van der Waals surface area (Å²) in [7, 11) is 0. The highest BCUT2D eigenvalue weighted by Crippen LogP contribution is 2.26. The molecule has 17 heavy (non-hydrogen) atoms. The summed E-state index contributed by atoms with van der Waals surface area (Å²) in [5.74, 6) is -0.749. The first-order valence-electron chi connectivity index (χ1n) is 4.97. The van der Waals surface area contributed by atoms with Crippen molar-refractivity contribution in [1.82, 2.24) is 0 Å². The summed E-state index contributed by atoms with van der Waals surface area (Å²) in [6.45, 7) is 0.423. The van der Waals surface area contributed by atoms with E-state index in [2.05, 4.69) is 4.74 Å². The van der Waals surface area contributed by atoms with Gasteiger partial charge in [-0.05, 0) is 31.5 Å². The number of aryl methyl sites for hydroxylation is 1. The molecule has 1 aromatic rings. The zero-order valence-corrected chi connectivity index (χ0v) is 9.50. The van der Waals surface area contributed by atoms with Crippen LogP contribution in [0.25, 0.3) is 0 Å². The first-order chi connectivity index (χ1) is 7.95. The van der Waals surface area contributed by atoms with Gasteiger partial charge in [0.05, 0.1) is 12.2 Å². The summed E-state index contributed by atoms with van der Waals surface area (Å²) in [5, 5.41) is 0. The number of benzene rings is 1. The number of nitrogens with two attached hydrogens (primary N) is 1. The molecule has 1 rings (SSSR count). The molecule has 0 saturated carbocycles. The Kier molecular flexibility index (Phi) is 4.25. The van der Waals surface area contributed by atoms with E-state index < -0.39 is 12.6 Å². The van der Waals surface area contributed by atoms with Gasteiger partial charge in [0.25, 0.3) is 0 Å². The highest BCUT2D eigenvalue weighted by molar-refractivity contribution is 5.95. The molecule has 0 bridgehead atoms. The number of carbonyl (C=O) groups excluding carboxylic acids is 1. The van der Waals surface area contributed by atoms with E-state index >= 15 is 0 Å². The summed E-state index contributed by atoms with van der Waals surface area (Å²) >= 11 is 0. The van der Waals surface area contributed by atoms with E-state index in [1.165, 1.54) is 6.07 Å². The van der Waals surface area contributed by atoms with Gasteiger partial charge in [0.15, 0.2) is 0 Å². The molecule has 94 valence electrons. The largest absolute Gasteiger partial charge is 0.462 e. The fourth-order valence-electron chi connectivity index (χ4n) is 1.32. The maximum absolute atomic E-state index is 12.1. The van der Waals surface area contributed by atoms with Crippen molar-refractivity contribution >= 4 is 11.7 Å². The van der Waals surface area contributed by atoms with Crippen LogP contribution in [-0.2, 0) is 4.74 Å². The summed E-state index contributed by atoms with van der Waals surface area (Å²) in [6, 6.07) is 2.55. The minimum atomic E-state index is -2.95. The molecule has 0 heterocycles. The lowest BCUT2D eigenvalue weighted by Gasteiger charge is -2.11. The van der Waals surface area contributed by atoms with Crippen LogP contribution in [0.5, 0.6) is 5.75 Å². The molecule has 0 radical (unpaired) electrons. The Morgan fingerprint density at radius 3 is 2.65 bits per heavy atom. The average molecular weight is 245 g/mol. The number of hydrogen-bond donors (Lipinski definition) is 1. The van der Waals surface area contributed by atoms with E-state index in [1.807, 2.05) is 0 Å². The van der Waals surface area contributed by atoms with Crippen molar-refractivity contribution < 1.29 is 23.0 Å². The number of ether oxygens (including phenoxy) is 2. The number of rotatable bonds is 4. The fraction of sp³-hybridized carbons (Fsp3) is 0.364. The molecule has 0 unspecified atom stereocenters. The predicted octanol–water partition coefficient (Wildman–Crippen LogP) is 2.36. The molecular formula is C11H13F2NO3. The number of hydrogen-bond acceptors (Lipinski definition) is 4. The summed E-state index contributed by atoms with van der Waals surface area (Å²) in [4.78, 5) is 11.5. The molecular weight excluding hydrogens is 232 g/mol. The van der Waals surface area contributed by atoms with Gasteiger partial charge in [0.2, 0.25) is 0 Å². The van der Waals surface area contributed by atoms with E-state index in [4.69, 9.17) is 10.5 Å². The minimum Gasteiger partial charge on any atom is -0.462 e. The standard InChI is InChI=1S/C11H13F2NO3/c1-3-16-10(15)7-5-9(17-11(12)13)6(2)4-8(7)14/h4-5,11H,3,14H2,1-2H3. The van der Waals surface area contributed by atoms with Crippen molar-refractivity contribution in [3.8, 4) is 5.75 Å². The van der Waals surface area contributed by atoms with Gasteiger partial charge in [-0.2, -0.15) is 8.78 Å². The first kappa shape index (κ1) is 13.2. The van der Waals surface area contributed by atoms with Crippen LogP contribution in [0.3, 0.4) is 0 Å². The second-order valence-electron chi connectivity index (χ2n) is 3.30. The van der Waals surface area contributed by atoms with E-state index in [1.54, 1.807) is 13.8 Å². The van der Waals surface area contributed by atoms with Gasteiger partial charge in [-0.25, -0.2) is 4.79 Å². The Labute approximate surface area is 97.3 Å². The van der Waals surface area contributed by atoms with Gasteiger partial charge in [0.1, 0.15) is 5.75 Å². The van der Waals surface area contributed by atoms with Crippen molar-refractivity contribution in [2.45, 2.75) is 20.5 Å². The first-order valence-corrected chi connectivity index (χ1v) is 4.97. The molecule has 4 nitrogen and oxygen atoms in total. The maximum atomic E-state index is 12.1. The third kappa shape index (κ3) is 3.30. The number of esters is 1. The van der Waals surface area contributed by atoms with Crippen LogP contribution < -0.4 is 10.5 Å². The van der Waals surface area contributed by atoms with E-state index in [0.717, 1.165) is 6.07 Å². The van der Waals surface area contributed by atoms with Crippen LogP contribution in [0.2, 0.25) is 0 Å². The highest BCUT2D eigenvalue weighted by atomic mass is 19.3. The van der Waals surface area contributed by atoms with Gasteiger partial charge in [-0.3, -0.25) is 0 Å². The number of carbonyl (C=O) groups is 1. The molecule has 0 amide bonds. The van der Waals surface area contributed by atoms with Crippen molar-refractivity contribution in [3.05, 3.63) is 23.3 Å². The predicted molar refractivity (Wildman–Crippen MR) is 58.2 cm³/mol. The summed E-state index contributed by atoms with van der Waals surface area (Å²) in [6.07, 6.45) is 0. The van der Waals surface area contributed by atoms with Crippen LogP contribution in [0, 0.1) is 6.92 Å². The van der Waals surface area contributed by atoms with Gasteiger partial charge in [-0.1, -0.05) is 0 Å². The smallest absolute Gasteiger partial charge is 0.387 e. The molecule has 0 spiro atoms. The molecule has 0 aromatic heterocycles. The second kappa shape index (κ2) is 5.47. The number of halogens is 2. The van der Waals surface area contributed by atoms with Crippen molar-refractivity contribution in [2.75, 3.05) is 12.3 Å². The molecule has 0 aliphatic carbocycles. The molecule has 6 heteroatoms. The summed E-state index contributed by atoms with van der Waals surface area (Å²) < 4.78 is 33.2. The van der Waals surface area contributed by atoms with Crippen LogP contribution in [-0.4, -0.2) is 19.2 Å². The Morgan fingerprint density at radius 1 is 1.47 bits per heavy atom. The molecule has 0 aliphatic heterocycles. The van der Waals surface area contributed by atoms with Crippen LogP contribution in [0.1, 0.15) is 22.8 Å². The second-order valence-corrected chi connectivity index (χ2v) is 3.30. The van der Waals surface area contributed by atoms with Gasteiger partial charge in [-0.15, -0.1) is 0 Å². The summed E-state index contributed by atoms with van der Waals surface area (Å²) in [5.41, 5.74) is 6.23. The normalized spacial score (nSPS) is 10.4. The Morgan fingerprint density at radius 2 is 2.12 bits per heavy atom. The lowest BCUT2D eigenvalue weighted by Crippen LogP contribution is -2.10.